The van der Waals surface area contributed by atoms with Crippen LogP contribution in [0.1, 0.15) is 30.4 Å². The second kappa shape index (κ2) is 9.19. The molecule has 1 saturated carbocycles. The van der Waals surface area contributed by atoms with Gasteiger partial charge in [0.1, 0.15) is 6.33 Å². The number of carbonyl (C=O) groups is 1. The SMILES string of the molecule is Cc1ccc(-n2cnnc2SCC(=O)NCCCOCC2CC2)cc1C. The van der Waals surface area contributed by atoms with E-state index in [1.54, 1.807) is 6.33 Å². The van der Waals surface area contributed by atoms with E-state index in [1.807, 2.05) is 10.6 Å². The third-order valence-electron chi connectivity index (χ3n) is 4.46. The monoisotopic (exact) mass is 374 g/mol. The molecule has 140 valence electrons. The second-order valence-corrected chi connectivity index (χ2v) is 7.71. The van der Waals surface area contributed by atoms with Crippen molar-refractivity contribution >= 4 is 17.7 Å². The van der Waals surface area contributed by atoms with Gasteiger partial charge in [0.15, 0.2) is 5.16 Å². The Morgan fingerprint density at radius 2 is 2.19 bits per heavy atom. The lowest BCUT2D eigenvalue weighted by Crippen LogP contribution is -2.27. The van der Waals surface area contributed by atoms with E-state index in [0.717, 1.165) is 29.8 Å². The van der Waals surface area contributed by atoms with Gasteiger partial charge in [-0.25, -0.2) is 0 Å². The van der Waals surface area contributed by atoms with Crippen molar-refractivity contribution in [1.29, 1.82) is 0 Å². The molecular weight excluding hydrogens is 348 g/mol. The normalized spacial score (nSPS) is 13.8. The number of thioether (sulfide) groups is 1. The van der Waals surface area contributed by atoms with Crippen LogP contribution >= 0.6 is 11.8 Å². The molecule has 1 heterocycles. The van der Waals surface area contributed by atoms with E-state index in [1.165, 1.54) is 35.7 Å². The largest absolute Gasteiger partial charge is 0.381 e. The third kappa shape index (κ3) is 5.57. The molecule has 1 aromatic heterocycles. The topological polar surface area (TPSA) is 69.0 Å². The standard InChI is InChI=1S/C19H26N4O2S/c1-14-4-7-17(10-15(14)2)23-13-21-22-19(23)26-12-18(24)20-8-3-9-25-11-16-5-6-16/h4,7,10,13,16H,3,5-6,8-9,11-12H2,1-2H3,(H,20,24). The summed E-state index contributed by atoms with van der Waals surface area (Å²) in [5.74, 6) is 1.12. The maximum absolute atomic E-state index is 12.0. The molecule has 0 unspecified atom stereocenters. The summed E-state index contributed by atoms with van der Waals surface area (Å²) in [5.41, 5.74) is 3.47. The molecule has 3 rings (SSSR count). The summed E-state index contributed by atoms with van der Waals surface area (Å²) < 4.78 is 7.48. The van der Waals surface area contributed by atoms with Gasteiger partial charge in [-0.05, 0) is 62.3 Å². The van der Waals surface area contributed by atoms with Crippen LogP contribution in [0, 0.1) is 19.8 Å². The Morgan fingerprint density at radius 3 is 2.96 bits per heavy atom. The molecule has 1 aliphatic rings. The quantitative estimate of drug-likeness (QED) is 0.511. The first-order chi connectivity index (χ1) is 12.6. The number of hydrogen-bond donors (Lipinski definition) is 1. The fourth-order valence-electron chi connectivity index (χ4n) is 2.49. The number of aromatic nitrogens is 3. The Morgan fingerprint density at radius 1 is 1.35 bits per heavy atom. The lowest BCUT2D eigenvalue weighted by Gasteiger charge is -2.09. The highest BCUT2D eigenvalue weighted by atomic mass is 32.2. The van der Waals surface area contributed by atoms with Crippen LogP contribution in [0.4, 0.5) is 0 Å². The lowest BCUT2D eigenvalue weighted by atomic mass is 10.1. The van der Waals surface area contributed by atoms with Gasteiger partial charge < -0.3 is 10.1 Å². The van der Waals surface area contributed by atoms with Crippen LogP contribution in [0.5, 0.6) is 0 Å². The van der Waals surface area contributed by atoms with Crippen molar-refractivity contribution < 1.29 is 9.53 Å². The maximum atomic E-state index is 12.0. The summed E-state index contributed by atoms with van der Waals surface area (Å²) in [5, 5.41) is 11.8. The predicted octanol–water partition coefficient (Wildman–Crippen LogP) is 2.91. The van der Waals surface area contributed by atoms with E-state index < -0.39 is 0 Å². The number of nitrogens with one attached hydrogen (secondary N) is 1. The van der Waals surface area contributed by atoms with Crippen LogP contribution in [0.15, 0.2) is 29.7 Å². The lowest BCUT2D eigenvalue weighted by molar-refractivity contribution is -0.118. The molecule has 0 bridgehead atoms. The molecule has 1 aliphatic carbocycles. The Hall–Kier alpha value is -1.86. The maximum Gasteiger partial charge on any atom is 0.230 e. The van der Waals surface area contributed by atoms with Crippen molar-refractivity contribution in [3.8, 4) is 5.69 Å². The summed E-state index contributed by atoms with van der Waals surface area (Å²) >= 11 is 1.39. The molecule has 0 aliphatic heterocycles. The number of carbonyl (C=O) groups excluding carboxylic acids is 1. The molecule has 0 spiro atoms. The van der Waals surface area contributed by atoms with Crippen LogP contribution in [-0.2, 0) is 9.53 Å². The van der Waals surface area contributed by atoms with E-state index in [9.17, 15) is 4.79 Å². The van der Waals surface area contributed by atoms with E-state index >= 15 is 0 Å². The van der Waals surface area contributed by atoms with Gasteiger partial charge in [-0.3, -0.25) is 9.36 Å². The molecule has 6 nitrogen and oxygen atoms in total. The van der Waals surface area contributed by atoms with Crippen molar-refractivity contribution in [2.24, 2.45) is 5.92 Å². The number of amides is 1. The molecule has 0 radical (unpaired) electrons. The number of rotatable bonds is 10. The Balaban J connectivity index is 1.40. The number of aryl methyl sites for hydroxylation is 2. The van der Waals surface area contributed by atoms with Crippen LogP contribution in [0.25, 0.3) is 5.69 Å². The van der Waals surface area contributed by atoms with Gasteiger partial charge in [-0.1, -0.05) is 17.8 Å². The van der Waals surface area contributed by atoms with Gasteiger partial charge in [-0.2, -0.15) is 0 Å². The number of hydrogen-bond acceptors (Lipinski definition) is 5. The Bertz CT molecular complexity index is 743. The summed E-state index contributed by atoms with van der Waals surface area (Å²) in [7, 11) is 0. The molecule has 1 amide bonds. The minimum absolute atomic E-state index is 0.00632. The molecular formula is C19H26N4O2S. The van der Waals surface area contributed by atoms with Crippen LogP contribution in [0.3, 0.4) is 0 Å². The zero-order valence-electron chi connectivity index (χ0n) is 15.4. The summed E-state index contributed by atoms with van der Waals surface area (Å²) in [4.78, 5) is 12.0. The van der Waals surface area contributed by atoms with Crippen LogP contribution in [-0.4, -0.2) is 46.2 Å². The average molecular weight is 375 g/mol. The first kappa shape index (κ1) is 18.9. The van der Waals surface area contributed by atoms with E-state index in [-0.39, 0.29) is 5.91 Å². The fourth-order valence-corrected chi connectivity index (χ4v) is 3.25. The second-order valence-electron chi connectivity index (χ2n) is 6.76. The van der Waals surface area contributed by atoms with E-state index in [4.69, 9.17) is 4.74 Å². The van der Waals surface area contributed by atoms with Gasteiger partial charge in [0.05, 0.1) is 5.75 Å². The predicted molar refractivity (Wildman–Crippen MR) is 103 cm³/mol. The average Bonchev–Trinajstić information content (AvgIpc) is 3.34. The van der Waals surface area contributed by atoms with Crippen molar-refractivity contribution in [1.82, 2.24) is 20.1 Å². The molecule has 1 fully saturated rings. The molecule has 26 heavy (non-hydrogen) atoms. The van der Waals surface area contributed by atoms with Gasteiger partial charge >= 0.3 is 0 Å². The minimum atomic E-state index is 0.00632. The van der Waals surface area contributed by atoms with Crippen molar-refractivity contribution in [2.45, 2.75) is 38.3 Å². The Kier molecular flexibility index (Phi) is 6.68. The van der Waals surface area contributed by atoms with Gasteiger partial charge in [0.25, 0.3) is 0 Å². The number of nitrogens with zero attached hydrogens (tertiary/aromatic N) is 3. The Labute approximate surface area is 158 Å². The number of benzene rings is 1. The smallest absolute Gasteiger partial charge is 0.230 e. The molecule has 0 atom stereocenters. The molecule has 1 aromatic carbocycles. The highest BCUT2D eigenvalue weighted by Crippen LogP contribution is 2.28. The first-order valence-electron chi connectivity index (χ1n) is 9.08. The highest BCUT2D eigenvalue weighted by Gasteiger charge is 2.20. The highest BCUT2D eigenvalue weighted by molar-refractivity contribution is 7.99. The summed E-state index contributed by atoms with van der Waals surface area (Å²) in [6.45, 7) is 6.40. The zero-order chi connectivity index (χ0) is 18.4. The zero-order valence-corrected chi connectivity index (χ0v) is 16.2. The summed E-state index contributed by atoms with van der Waals surface area (Å²) in [6, 6.07) is 6.22. The van der Waals surface area contributed by atoms with Gasteiger partial charge in [0, 0.05) is 25.4 Å². The molecule has 1 N–H and O–H groups in total. The first-order valence-corrected chi connectivity index (χ1v) is 10.1. The summed E-state index contributed by atoms with van der Waals surface area (Å²) in [6.07, 6.45) is 5.14. The van der Waals surface area contributed by atoms with Crippen molar-refractivity contribution in [2.75, 3.05) is 25.5 Å². The fraction of sp³-hybridized carbons (Fsp3) is 0.526. The van der Waals surface area contributed by atoms with Gasteiger partial charge in [0.2, 0.25) is 5.91 Å². The third-order valence-corrected chi connectivity index (χ3v) is 5.40. The number of ether oxygens (including phenoxy) is 1. The van der Waals surface area contributed by atoms with Crippen LogP contribution in [0.2, 0.25) is 0 Å². The van der Waals surface area contributed by atoms with Crippen LogP contribution < -0.4 is 5.32 Å². The van der Waals surface area contributed by atoms with Crippen molar-refractivity contribution in [3.63, 3.8) is 0 Å². The van der Waals surface area contributed by atoms with E-state index in [2.05, 4.69) is 41.5 Å². The molecule has 0 saturated heterocycles. The van der Waals surface area contributed by atoms with E-state index in [0.29, 0.717) is 18.9 Å². The van der Waals surface area contributed by atoms with Gasteiger partial charge in [-0.15, -0.1) is 10.2 Å². The molecule has 2 aromatic rings. The minimum Gasteiger partial charge on any atom is -0.381 e. The van der Waals surface area contributed by atoms with Crippen molar-refractivity contribution in [3.05, 3.63) is 35.7 Å². The molecule has 7 heteroatoms.